The van der Waals surface area contributed by atoms with Crippen LogP contribution in [0.3, 0.4) is 0 Å². The molecule has 4 rings (SSSR count). The second kappa shape index (κ2) is 6.05. The molecule has 0 unspecified atom stereocenters. The average molecular weight is 375 g/mol. The van der Waals surface area contributed by atoms with Gasteiger partial charge in [-0.1, -0.05) is 41.7 Å². The highest BCUT2D eigenvalue weighted by molar-refractivity contribution is 7.88. The number of carbonyl (C=O) groups is 1. The van der Waals surface area contributed by atoms with Gasteiger partial charge >= 0.3 is 0 Å². The third-order valence-corrected chi connectivity index (χ3v) is 6.67. The van der Waals surface area contributed by atoms with Crippen molar-refractivity contribution in [3.63, 3.8) is 0 Å². The van der Waals surface area contributed by atoms with Crippen LogP contribution in [0.15, 0.2) is 36.4 Å². The van der Waals surface area contributed by atoms with Gasteiger partial charge < -0.3 is 5.32 Å². The lowest BCUT2D eigenvalue weighted by Crippen LogP contribution is -2.42. The van der Waals surface area contributed by atoms with Crippen LogP contribution in [-0.2, 0) is 14.8 Å². The maximum absolute atomic E-state index is 12.6. The molecule has 1 N–H and O–H groups in total. The number of nitrogens with zero attached hydrogens (tertiary/aromatic N) is 2. The largest absolute Gasteiger partial charge is 0.301 e. The smallest absolute Gasteiger partial charge is 0.244 e. The molecule has 1 aromatic heterocycles. The van der Waals surface area contributed by atoms with Gasteiger partial charge in [-0.05, 0) is 24.3 Å². The van der Waals surface area contributed by atoms with E-state index in [0.29, 0.717) is 24.5 Å². The summed E-state index contributed by atoms with van der Waals surface area (Å²) in [6.07, 6.45) is 2.37. The Morgan fingerprint density at radius 3 is 2.88 bits per heavy atom. The van der Waals surface area contributed by atoms with Crippen LogP contribution in [0.5, 0.6) is 0 Å². The standard InChI is InChI=1S/C17H17N3O3S2/c1-25(22,23)20-10-4-7-13(20)16(21)19-17-18-15-12-6-3-2-5-11(12)8-9-14(15)24-17/h2-3,5-6,8-9,13H,4,7,10H2,1H3,(H,18,19,21)/t13-/m1/s1. The Kier molecular flexibility index (Phi) is 3.98. The molecule has 1 atom stereocenters. The van der Waals surface area contributed by atoms with E-state index in [9.17, 15) is 13.2 Å². The highest BCUT2D eigenvalue weighted by atomic mass is 32.2. The number of benzene rings is 2. The summed E-state index contributed by atoms with van der Waals surface area (Å²) in [6, 6.07) is 11.3. The van der Waals surface area contributed by atoms with Crippen LogP contribution in [0.25, 0.3) is 21.0 Å². The first-order valence-electron chi connectivity index (χ1n) is 7.99. The molecule has 1 amide bonds. The number of amides is 1. The fourth-order valence-corrected chi connectivity index (χ4v) is 5.31. The fourth-order valence-electron chi connectivity index (χ4n) is 3.30. The molecular weight excluding hydrogens is 358 g/mol. The summed E-state index contributed by atoms with van der Waals surface area (Å²) in [5, 5.41) is 5.43. The van der Waals surface area contributed by atoms with E-state index in [1.165, 1.54) is 15.6 Å². The van der Waals surface area contributed by atoms with Crippen molar-refractivity contribution >= 4 is 53.4 Å². The van der Waals surface area contributed by atoms with Gasteiger partial charge in [-0.2, -0.15) is 4.31 Å². The third kappa shape index (κ3) is 3.01. The molecule has 25 heavy (non-hydrogen) atoms. The van der Waals surface area contributed by atoms with E-state index < -0.39 is 16.1 Å². The Hall–Kier alpha value is -2.03. The summed E-state index contributed by atoms with van der Waals surface area (Å²) < 4.78 is 25.9. The quantitative estimate of drug-likeness (QED) is 0.763. The van der Waals surface area contributed by atoms with Crippen molar-refractivity contribution in [2.45, 2.75) is 18.9 Å². The van der Waals surface area contributed by atoms with E-state index in [-0.39, 0.29) is 5.91 Å². The third-order valence-electron chi connectivity index (χ3n) is 4.45. The lowest BCUT2D eigenvalue weighted by molar-refractivity contribution is -0.119. The van der Waals surface area contributed by atoms with Crippen molar-refractivity contribution in [2.75, 3.05) is 18.1 Å². The maximum atomic E-state index is 12.6. The number of anilines is 1. The Balaban J connectivity index is 1.64. The number of sulfonamides is 1. The van der Waals surface area contributed by atoms with Crippen molar-refractivity contribution in [3.8, 4) is 0 Å². The lowest BCUT2D eigenvalue weighted by Gasteiger charge is -2.20. The second-order valence-electron chi connectivity index (χ2n) is 6.17. The van der Waals surface area contributed by atoms with Gasteiger partial charge in [0.2, 0.25) is 15.9 Å². The van der Waals surface area contributed by atoms with Gasteiger partial charge in [0, 0.05) is 11.9 Å². The van der Waals surface area contributed by atoms with Gasteiger partial charge in [0.05, 0.1) is 16.5 Å². The van der Waals surface area contributed by atoms with Crippen LogP contribution in [0.1, 0.15) is 12.8 Å². The van der Waals surface area contributed by atoms with E-state index in [0.717, 1.165) is 27.2 Å². The molecule has 0 saturated carbocycles. The SMILES string of the molecule is CS(=O)(=O)N1CCC[C@@H]1C(=O)Nc1nc2c(ccc3ccccc32)s1. The molecule has 1 aliphatic heterocycles. The molecule has 1 saturated heterocycles. The van der Waals surface area contributed by atoms with Crippen LogP contribution >= 0.6 is 11.3 Å². The van der Waals surface area contributed by atoms with Gasteiger partial charge in [0.1, 0.15) is 6.04 Å². The van der Waals surface area contributed by atoms with Crippen LogP contribution in [0.4, 0.5) is 5.13 Å². The Bertz CT molecular complexity index is 1080. The summed E-state index contributed by atoms with van der Waals surface area (Å²) in [4.78, 5) is 17.1. The van der Waals surface area contributed by atoms with E-state index in [2.05, 4.69) is 10.3 Å². The van der Waals surface area contributed by atoms with Crippen molar-refractivity contribution in [1.82, 2.24) is 9.29 Å². The van der Waals surface area contributed by atoms with Crippen molar-refractivity contribution in [2.24, 2.45) is 0 Å². The summed E-state index contributed by atoms with van der Waals surface area (Å²) in [6.45, 7) is 0.390. The van der Waals surface area contributed by atoms with Crippen molar-refractivity contribution in [3.05, 3.63) is 36.4 Å². The number of nitrogens with one attached hydrogen (secondary N) is 1. The highest BCUT2D eigenvalue weighted by Gasteiger charge is 2.36. The first-order valence-corrected chi connectivity index (χ1v) is 10.7. The zero-order chi connectivity index (χ0) is 17.6. The van der Waals surface area contributed by atoms with Gasteiger partial charge in [-0.15, -0.1) is 0 Å². The number of aromatic nitrogens is 1. The molecule has 130 valence electrons. The molecule has 6 nitrogen and oxygen atoms in total. The predicted molar refractivity (Wildman–Crippen MR) is 100 cm³/mol. The van der Waals surface area contributed by atoms with Gasteiger partial charge in [0.15, 0.2) is 5.13 Å². The van der Waals surface area contributed by atoms with E-state index >= 15 is 0 Å². The Labute approximate surface area is 149 Å². The molecule has 0 spiro atoms. The molecule has 1 fully saturated rings. The monoisotopic (exact) mass is 375 g/mol. The summed E-state index contributed by atoms with van der Waals surface area (Å²) in [5.41, 5.74) is 0.852. The zero-order valence-electron chi connectivity index (χ0n) is 13.6. The van der Waals surface area contributed by atoms with Gasteiger partial charge in [0.25, 0.3) is 0 Å². The second-order valence-corrected chi connectivity index (χ2v) is 9.14. The van der Waals surface area contributed by atoms with E-state index in [1.807, 2.05) is 36.4 Å². The van der Waals surface area contributed by atoms with Crippen LogP contribution in [-0.4, -0.2) is 42.5 Å². The topological polar surface area (TPSA) is 79.4 Å². The van der Waals surface area contributed by atoms with Crippen LogP contribution < -0.4 is 5.32 Å². The molecular formula is C17H17N3O3S2. The molecule has 0 bridgehead atoms. The highest BCUT2D eigenvalue weighted by Crippen LogP contribution is 2.32. The van der Waals surface area contributed by atoms with E-state index in [4.69, 9.17) is 0 Å². The molecule has 8 heteroatoms. The molecule has 2 aromatic carbocycles. The Morgan fingerprint density at radius 2 is 2.08 bits per heavy atom. The average Bonchev–Trinajstić information content (AvgIpc) is 3.21. The maximum Gasteiger partial charge on any atom is 0.244 e. The first-order chi connectivity index (χ1) is 11.9. The number of carbonyl (C=O) groups excluding carboxylic acids is 1. The normalized spacial score (nSPS) is 18.8. The predicted octanol–water partition coefficient (Wildman–Crippen LogP) is 2.81. The zero-order valence-corrected chi connectivity index (χ0v) is 15.2. The minimum atomic E-state index is -3.39. The minimum Gasteiger partial charge on any atom is -0.301 e. The molecule has 0 aliphatic carbocycles. The number of hydrogen-bond acceptors (Lipinski definition) is 5. The summed E-state index contributed by atoms with van der Waals surface area (Å²) in [5.74, 6) is -0.314. The molecule has 1 aliphatic rings. The number of thiazole rings is 1. The number of hydrogen-bond donors (Lipinski definition) is 1. The summed E-state index contributed by atoms with van der Waals surface area (Å²) >= 11 is 1.40. The van der Waals surface area contributed by atoms with Crippen molar-refractivity contribution < 1.29 is 13.2 Å². The van der Waals surface area contributed by atoms with Crippen LogP contribution in [0, 0.1) is 0 Å². The van der Waals surface area contributed by atoms with Crippen molar-refractivity contribution in [1.29, 1.82) is 0 Å². The molecule has 0 radical (unpaired) electrons. The van der Waals surface area contributed by atoms with Gasteiger partial charge in [-0.25, -0.2) is 13.4 Å². The summed E-state index contributed by atoms with van der Waals surface area (Å²) in [7, 11) is -3.39. The first kappa shape index (κ1) is 16.4. The number of rotatable bonds is 3. The fraction of sp³-hybridized carbons (Fsp3) is 0.294. The lowest BCUT2D eigenvalue weighted by atomic mass is 10.1. The molecule has 2 heterocycles. The van der Waals surface area contributed by atoms with Gasteiger partial charge in [-0.3, -0.25) is 4.79 Å². The molecule has 3 aromatic rings. The van der Waals surface area contributed by atoms with Crippen LogP contribution in [0.2, 0.25) is 0 Å². The minimum absolute atomic E-state index is 0.314. The van der Waals surface area contributed by atoms with E-state index in [1.54, 1.807) is 0 Å². The number of fused-ring (bicyclic) bond motifs is 3. The Morgan fingerprint density at radius 1 is 1.28 bits per heavy atom.